The van der Waals surface area contributed by atoms with Gasteiger partial charge < -0.3 is 44.9 Å². The Balaban J connectivity index is 1.38. The predicted octanol–water partition coefficient (Wildman–Crippen LogP) is 2.71. The number of esters is 2. The van der Waals surface area contributed by atoms with Gasteiger partial charge in [0.05, 0.1) is 24.3 Å². The van der Waals surface area contributed by atoms with Gasteiger partial charge in [-0.25, -0.2) is 4.79 Å². The van der Waals surface area contributed by atoms with Gasteiger partial charge in [0.25, 0.3) is 0 Å². The number of fused-ring (bicyclic) bond motifs is 1. The summed E-state index contributed by atoms with van der Waals surface area (Å²) < 4.78 is 22.4. The van der Waals surface area contributed by atoms with Gasteiger partial charge in [-0.05, 0) is 75.9 Å². The van der Waals surface area contributed by atoms with Gasteiger partial charge in [0.1, 0.15) is 42.5 Å². The van der Waals surface area contributed by atoms with Crippen LogP contribution < -0.4 is 10.6 Å². The number of nitrogens with one attached hydrogen (secondary N) is 2. The molecule has 0 saturated carbocycles. The fourth-order valence-corrected chi connectivity index (χ4v) is 5.53. The number of amides is 2. The molecule has 2 aliphatic rings. The summed E-state index contributed by atoms with van der Waals surface area (Å²) in [6.07, 6.45) is 2.13. The third-order valence-corrected chi connectivity index (χ3v) is 8.05. The van der Waals surface area contributed by atoms with Crippen LogP contribution in [0.25, 0.3) is 6.08 Å². The minimum atomic E-state index is -1.40. The number of hydrogen-bond acceptors (Lipinski definition) is 11. The maximum absolute atomic E-state index is 13.4. The van der Waals surface area contributed by atoms with Crippen molar-refractivity contribution in [1.29, 1.82) is 0 Å². The summed E-state index contributed by atoms with van der Waals surface area (Å²) >= 11 is 0. The first-order valence-electron chi connectivity index (χ1n) is 16.5. The van der Waals surface area contributed by atoms with E-state index in [1.807, 2.05) is 30.4 Å². The van der Waals surface area contributed by atoms with Crippen LogP contribution in [0, 0.1) is 0 Å². The highest BCUT2D eigenvalue weighted by Gasteiger charge is 2.43. The van der Waals surface area contributed by atoms with Gasteiger partial charge in [-0.15, -0.1) is 0 Å². The van der Waals surface area contributed by atoms with E-state index in [2.05, 4.69) is 10.6 Å². The van der Waals surface area contributed by atoms with Crippen molar-refractivity contribution < 1.29 is 53.4 Å². The van der Waals surface area contributed by atoms with Gasteiger partial charge in [0.2, 0.25) is 11.8 Å². The molecule has 0 unspecified atom stereocenters. The number of aliphatic hydroxyl groups excluding tert-OH is 2. The highest BCUT2D eigenvalue weighted by Crippen LogP contribution is 2.31. The molecular formula is C37H46N2O11. The van der Waals surface area contributed by atoms with E-state index in [0.29, 0.717) is 6.42 Å². The van der Waals surface area contributed by atoms with Crippen molar-refractivity contribution in [3.8, 4) is 5.75 Å². The molecule has 0 bridgehead atoms. The van der Waals surface area contributed by atoms with Crippen molar-refractivity contribution in [2.24, 2.45) is 0 Å². The van der Waals surface area contributed by atoms with Crippen molar-refractivity contribution in [2.75, 3.05) is 13.4 Å². The Morgan fingerprint density at radius 3 is 2.52 bits per heavy atom. The molecule has 270 valence electrons. The average molecular weight is 695 g/mol. The maximum Gasteiger partial charge on any atom is 0.338 e. The van der Waals surface area contributed by atoms with Crippen molar-refractivity contribution in [3.05, 3.63) is 82.9 Å². The first kappa shape index (κ1) is 38.2. The molecule has 4 rings (SSSR count). The molecule has 1 aliphatic carbocycles. The average Bonchev–Trinajstić information content (AvgIpc) is 3.54. The summed E-state index contributed by atoms with van der Waals surface area (Å²) in [4.78, 5) is 51.9. The van der Waals surface area contributed by atoms with Crippen molar-refractivity contribution >= 4 is 29.8 Å². The zero-order valence-electron chi connectivity index (χ0n) is 28.7. The fraction of sp³-hybridized carbons (Fsp3) is 0.459. The van der Waals surface area contributed by atoms with E-state index in [-0.39, 0.29) is 42.9 Å². The SMILES string of the molecule is C[C@H](O)[C@@H](NC(=O)C1=C[C@H]2OCO[C@H]2[C@H](OC(=O)c2cccc(C=CCc3ccccc3O)c2)C1)C(=O)N[C@H](CO)CCC(=O)OC(C)(C)C. The monoisotopic (exact) mass is 694 g/mol. The Bertz CT molecular complexity index is 1580. The first-order chi connectivity index (χ1) is 23.7. The first-order valence-corrected chi connectivity index (χ1v) is 16.5. The van der Waals surface area contributed by atoms with Crippen LogP contribution in [0.15, 0.2) is 66.3 Å². The number of ether oxygens (including phenoxy) is 4. The smallest absolute Gasteiger partial charge is 0.338 e. The van der Waals surface area contributed by atoms with Crippen molar-refractivity contribution in [2.45, 2.75) is 95.5 Å². The topological polar surface area (TPSA) is 190 Å². The number of carbonyl (C=O) groups excluding carboxylic acids is 4. The Morgan fingerprint density at radius 2 is 1.82 bits per heavy atom. The molecule has 1 aliphatic heterocycles. The molecule has 6 atom stereocenters. The van der Waals surface area contributed by atoms with Gasteiger partial charge in [-0.2, -0.15) is 0 Å². The second-order valence-electron chi connectivity index (χ2n) is 13.3. The quantitative estimate of drug-likeness (QED) is 0.183. The molecule has 2 aromatic rings. The second kappa shape index (κ2) is 17.4. The summed E-state index contributed by atoms with van der Waals surface area (Å²) in [6.45, 7) is 5.96. The number of phenols is 1. The lowest BCUT2D eigenvalue weighted by atomic mass is 9.91. The van der Waals surface area contributed by atoms with E-state index in [4.69, 9.17) is 18.9 Å². The van der Waals surface area contributed by atoms with Gasteiger partial charge in [0, 0.05) is 18.4 Å². The molecule has 0 spiro atoms. The van der Waals surface area contributed by atoms with Gasteiger partial charge >= 0.3 is 11.9 Å². The van der Waals surface area contributed by atoms with E-state index in [0.717, 1.165) is 11.1 Å². The summed E-state index contributed by atoms with van der Waals surface area (Å²) in [5, 5.41) is 35.3. The standard InChI is InChI=1S/C37H46N2O11/c1-22(41)32(35(45)38-27(20-40)15-16-31(43)50-37(2,3)4)39-34(44)26-18-29-33(48-21-47-29)30(19-26)49-36(46)25-13-8-10-23(17-25)9-7-12-24-11-5-6-14-28(24)42/h5-11,13-14,17-18,22,27,29-30,32-33,40-42H,12,15-16,19-21H2,1-4H3,(H,38,45)(H,39,44)/t22-,27-,29+,30+,32+,33+/m0/s1. The van der Waals surface area contributed by atoms with E-state index in [9.17, 15) is 34.5 Å². The Kier molecular flexibility index (Phi) is 13.3. The van der Waals surface area contributed by atoms with Crippen LogP contribution in [0.2, 0.25) is 0 Å². The predicted molar refractivity (Wildman–Crippen MR) is 182 cm³/mol. The number of carbonyl (C=O) groups is 4. The second-order valence-corrected chi connectivity index (χ2v) is 13.3. The minimum absolute atomic E-state index is 0.0500. The summed E-state index contributed by atoms with van der Waals surface area (Å²) in [7, 11) is 0. The zero-order valence-corrected chi connectivity index (χ0v) is 28.7. The third-order valence-electron chi connectivity index (χ3n) is 8.05. The lowest BCUT2D eigenvalue weighted by Crippen LogP contribution is -2.55. The highest BCUT2D eigenvalue weighted by atomic mass is 16.7. The van der Waals surface area contributed by atoms with Crippen LogP contribution >= 0.6 is 0 Å². The lowest BCUT2D eigenvalue weighted by molar-refractivity contribution is -0.155. The van der Waals surface area contributed by atoms with Crippen molar-refractivity contribution in [3.63, 3.8) is 0 Å². The molecule has 0 aromatic heterocycles. The molecule has 5 N–H and O–H groups in total. The fourth-order valence-electron chi connectivity index (χ4n) is 5.53. The number of phenolic OH excluding ortho intramolecular Hbond substituents is 1. The number of rotatable bonds is 14. The third kappa shape index (κ3) is 11.0. The zero-order chi connectivity index (χ0) is 36.4. The lowest BCUT2D eigenvalue weighted by Gasteiger charge is -2.31. The van der Waals surface area contributed by atoms with E-state index in [1.165, 1.54) is 6.92 Å². The molecular weight excluding hydrogens is 648 g/mol. The van der Waals surface area contributed by atoms with Gasteiger partial charge in [-0.3, -0.25) is 14.4 Å². The molecule has 2 amide bonds. The number of aliphatic hydroxyl groups is 2. The van der Waals surface area contributed by atoms with E-state index in [1.54, 1.807) is 57.2 Å². The van der Waals surface area contributed by atoms with Crippen LogP contribution in [-0.2, 0) is 39.8 Å². The van der Waals surface area contributed by atoms with E-state index < -0.39 is 72.5 Å². The van der Waals surface area contributed by atoms with Gasteiger partial charge in [-0.1, -0.05) is 42.5 Å². The molecule has 0 radical (unpaired) electrons. The highest BCUT2D eigenvalue weighted by molar-refractivity contribution is 5.97. The molecule has 13 nitrogen and oxygen atoms in total. The Labute approximate surface area is 291 Å². The number of allylic oxidation sites excluding steroid dienone is 1. The molecule has 13 heteroatoms. The summed E-state index contributed by atoms with van der Waals surface area (Å²) in [5.41, 5.74) is 1.27. The van der Waals surface area contributed by atoms with Gasteiger partial charge in [0.15, 0.2) is 0 Å². The number of hydrogen-bond donors (Lipinski definition) is 5. The number of aromatic hydroxyl groups is 1. The molecule has 50 heavy (non-hydrogen) atoms. The Morgan fingerprint density at radius 1 is 1.06 bits per heavy atom. The molecule has 1 fully saturated rings. The normalized spacial score (nSPS) is 20.6. The van der Waals surface area contributed by atoms with Crippen LogP contribution in [0.3, 0.4) is 0 Å². The summed E-state index contributed by atoms with van der Waals surface area (Å²) in [5.74, 6) is -2.38. The molecule has 1 saturated heterocycles. The number of para-hydroxylation sites is 1. The molecule has 2 aromatic carbocycles. The molecule has 1 heterocycles. The summed E-state index contributed by atoms with van der Waals surface area (Å²) in [6, 6.07) is 11.6. The minimum Gasteiger partial charge on any atom is -0.508 e. The van der Waals surface area contributed by atoms with Crippen molar-refractivity contribution in [1.82, 2.24) is 10.6 Å². The largest absolute Gasteiger partial charge is 0.508 e. The number of benzene rings is 2. The Hall–Kier alpha value is -4.56. The van der Waals surface area contributed by atoms with E-state index >= 15 is 0 Å². The maximum atomic E-state index is 13.4. The van der Waals surface area contributed by atoms with Crippen LogP contribution in [0.1, 0.15) is 68.4 Å². The van der Waals surface area contributed by atoms with Crippen LogP contribution in [0.5, 0.6) is 5.75 Å². The van der Waals surface area contributed by atoms with Crippen LogP contribution in [-0.4, -0.2) is 94.6 Å². The van der Waals surface area contributed by atoms with Crippen LogP contribution in [0.4, 0.5) is 0 Å².